The summed E-state index contributed by atoms with van der Waals surface area (Å²) >= 11 is 0. The van der Waals surface area contributed by atoms with Crippen LogP contribution >= 0.6 is 0 Å². The molecule has 0 radical (unpaired) electrons. The van der Waals surface area contributed by atoms with Gasteiger partial charge in [0.2, 0.25) is 0 Å². The highest BCUT2D eigenvalue weighted by molar-refractivity contribution is 5.59. The number of nitrogens with zero attached hydrogens (tertiary/aromatic N) is 1. The number of hydrogen-bond donors (Lipinski definition) is 1. The second-order valence-electron chi connectivity index (χ2n) is 10.5. The molecule has 1 N–H and O–H groups in total. The highest BCUT2D eigenvalue weighted by Crippen LogP contribution is 2.34. The minimum absolute atomic E-state index is 0.579. The Balaban J connectivity index is 2.14. The fourth-order valence-corrected chi connectivity index (χ4v) is 4.56. The third-order valence-corrected chi connectivity index (χ3v) is 6.61. The zero-order valence-electron chi connectivity index (χ0n) is 21.5. The summed E-state index contributed by atoms with van der Waals surface area (Å²) < 4.78 is 0. The monoisotopic (exact) mass is 426 g/mol. The lowest BCUT2D eigenvalue weighted by atomic mass is 9.90. The van der Waals surface area contributed by atoms with Crippen molar-refractivity contribution in [2.45, 2.75) is 125 Å². The van der Waals surface area contributed by atoms with Gasteiger partial charge >= 0.3 is 0 Å². The van der Waals surface area contributed by atoms with E-state index in [1.807, 2.05) is 0 Å². The van der Waals surface area contributed by atoms with Gasteiger partial charge in [0.15, 0.2) is 0 Å². The highest BCUT2D eigenvalue weighted by Gasteiger charge is 2.20. The fourth-order valence-electron chi connectivity index (χ4n) is 4.56. The van der Waals surface area contributed by atoms with E-state index in [0.717, 1.165) is 25.3 Å². The largest absolute Gasteiger partial charge is 0.315 e. The van der Waals surface area contributed by atoms with E-state index in [2.05, 4.69) is 59.0 Å². The minimum atomic E-state index is 0.579. The van der Waals surface area contributed by atoms with Crippen molar-refractivity contribution in [2.75, 3.05) is 6.54 Å². The van der Waals surface area contributed by atoms with Gasteiger partial charge in [-0.1, -0.05) is 78.9 Å². The van der Waals surface area contributed by atoms with Crippen molar-refractivity contribution in [3.8, 4) is 0 Å². The summed E-state index contributed by atoms with van der Waals surface area (Å²) in [5.74, 6) is 1.77. The van der Waals surface area contributed by atoms with Crippen LogP contribution < -0.4 is 5.32 Å². The van der Waals surface area contributed by atoms with Crippen molar-refractivity contribution >= 4 is 6.08 Å². The molecule has 0 aromatic carbocycles. The van der Waals surface area contributed by atoms with Crippen LogP contribution in [0.1, 0.15) is 120 Å². The molecule has 2 rings (SSSR count). The van der Waals surface area contributed by atoms with Gasteiger partial charge in [-0.25, -0.2) is 0 Å². The van der Waals surface area contributed by atoms with Crippen molar-refractivity contribution in [3.63, 3.8) is 0 Å². The zero-order chi connectivity index (χ0) is 22.6. The van der Waals surface area contributed by atoms with Gasteiger partial charge in [0.1, 0.15) is 0 Å². The molecule has 1 aliphatic carbocycles. The van der Waals surface area contributed by atoms with Gasteiger partial charge < -0.3 is 5.32 Å². The molecule has 176 valence electrons. The normalized spacial score (nSPS) is 14.5. The first-order valence-corrected chi connectivity index (χ1v) is 13.3. The molecular formula is C29H50N2. The Morgan fingerprint density at radius 2 is 1.68 bits per heavy atom. The standard InChI is InChI=1S/C29H50N2/c1-7-29-28(18-13-14-22(2)3)27(17-11-12-21-30-23(4)5)26(24(6)31-29)16-10-8-9-15-25-19-20-25/h13,18,22-23,25,30H,7-12,14-17,19-21H2,1-6H3/b18-13-. The highest BCUT2D eigenvalue weighted by atomic mass is 14.9. The maximum atomic E-state index is 5.09. The van der Waals surface area contributed by atoms with E-state index >= 15 is 0 Å². The Morgan fingerprint density at radius 1 is 0.968 bits per heavy atom. The Hall–Kier alpha value is -1.15. The third kappa shape index (κ3) is 9.89. The molecule has 1 aromatic rings. The Bertz CT molecular complexity index is 668. The van der Waals surface area contributed by atoms with Crippen LogP contribution in [-0.2, 0) is 19.3 Å². The van der Waals surface area contributed by atoms with Gasteiger partial charge in [-0.05, 0) is 86.9 Å². The van der Waals surface area contributed by atoms with Crippen LogP contribution in [0.15, 0.2) is 6.08 Å². The van der Waals surface area contributed by atoms with E-state index in [-0.39, 0.29) is 0 Å². The topological polar surface area (TPSA) is 24.9 Å². The number of unbranched alkanes of at least 4 members (excludes halogenated alkanes) is 3. The first-order chi connectivity index (χ1) is 14.9. The van der Waals surface area contributed by atoms with Crippen LogP contribution in [-0.4, -0.2) is 17.6 Å². The quantitative estimate of drug-likeness (QED) is 0.272. The van der Waals surface area contributed by atoms with E-state index in [9.17, 15) is 0 Å². The molecular weight excluding hydrogens is 376 g/mol. The summed E-state index contributed by atoms with van der Waals surface area (Å²) in [6, 6.07) is 0.579. The maximum Gasteiger partial charge on any atom is 0.0479 e. The molecule has 0 atom stereocenters. The summed E-state index contributed by atoms with van der Waals surface area (Å²) in [7, 11) is 0. The van der Waals surface area contributed by atoms with Crippen molar-refractivity contribution in [1.29, 1.82) is 0 Å². The lowest BCUT2D eigenvalue weighted by Crippen LogP contribution is -2.23. The smallest absolute Gasteiger partial charge is 0.0479 e. The lowest BCUT2D eigenvalue weighted by Gasteiger charge is -2.19. The Labute approximate surface area is 193 Å². The molecule has 2 nitrogen and oxygen atoms in total. The van der Waals surface area contributed by atoms with E-state index in [1.54, 1.807) is 11.1 Å². The van der Waals surface area contributed by atoms with E-state index in [1.165, 1.54) is 81.2 Å². The molecule has 1 aromatic heterocycles. The molecule has 0 unspecified atom stereocenters. The van der Waals surface area contributed by atoms with Crippen LogP contribution in [0.25, 0.3) is 6.08 Å². The summed E-state index contributed by atoms with van der Waals surface area (Å²) in [6.07, 6.45) is 20.4. The van der Waals surface area contributed by atoms with Crippen LogP contribution in [0.3, 0.4) is 0 Å². The first kappa shape index (κ1) is 26.1. The number of aryl methyl sites for hydroxylation is 2. The van der Waals surface area contributed by atoms with Crippen molar-refractivity contribution < 1.29 is 0 Å². The lowest BCUT2D eigenvalue weighted by molar-refractivity contribution is 0.556. The van der Waals surface area contributed by atoms with E-state index in [4.69, 9.17) is 4.98 Å². The third-order valence-electron chi connectivity index (χ3n) is 6.61. The fraction of sp³-hybridized carbons (Fsp3) is 0.759. The van der Waals surface area contributed by atoms with Crippen molar-refractivity contribution in [3.05, 3.63) is 34.2 Å². The predicted molar refractivity (Wildman–Crippen MR) is 138 cm³/mol. The number of hydrogen-bond acceptors (Lipinski definition) is 2. The van der Waals surface area contributed by atoms with Gasteiger partial charge in [-0.2, -0.15) is 0 Å². The SMILES string of the molecule is CCc1nc(C)c(CCCCCC2CC2)c(CCCCNC(C)C)c1/C=C\CC(C)C. The van der Waals surface area contributed by atoms with Gasteiger partial charge in [-0.15, -0.1) is 0 Å². The molecule has 0 saturated heterocycles. The molecule has 0 amide bonds. The molecule has 2 heteroatoms. The minimum Gasteiger partial charge on any atom is -0.315 e. The summed E-state index contributed by atoms with van der Waals surface area (Å²) in [6.45, 7) is 14.7. The van der Waals surface area contributed by atoms with E-state index in [0.29, 0.717) is 12.0 Å². The zero-order valence-corrected chi connectivity index (χ0v) is 21.5. The van der Waals surface area contributed by atoms with Gasteiger partial charge in [-0.3, -0.25) is 4.98 Å². The molecule has 1 saturated carbocycles. The number of pyridine rings is 1. The number of rotatable bonds is 16. The number of aromatic nitrogens is 1. The molecule has 0 aliphatic heterocycles. The average molecular weight is 427 g/mol. The molecule has 1 fully saturated rings. The van der Waals surface area contributed by atoms with Crippen molar-refractivity contribution in [2.24, 2.45) is 11.8 Å². The average Bonchev–Trinajstić information content (AvgIpc) is 3.54. The molecule has 1 aliphatic rings. The predicted octanol–water partition coefficient (Wildman–Crippen LogP) is 7.85. The first-order valence-electron chi connectivity index (χ1n) is 13.3. The van der Waals surface area contributed by atoms with Crippen LogP contribution in [0.4, 0.5) is 0 Å². The number of allylic oxidation sites excluding steroid dienone is 1. The molecule has 1 heterocycles. The van der Waals surface area contributed by atoms with Crippen molar-refractivity contribution in [1.82, 2.24) is 10.3 Å². The van der Waals surface area contributed by atoms with Crippen LogP contribution in [0.5, 0.6) is 0 Å². The van der Waals surface area contributed by atoms with E-state index < -0.39 is 0 Å². The molecule has 31 heavy (non-hydrogen) atoms. The molecule has 0 spiro atoms. The summed E-state index contributed by atoms with van der Waals surface area (Å²) in [5.41, 5.74) is 7.19. The number of nitrogens with one attached hydrogen (secondary N) is 1. The summed E-state index contributed by atoms with van der Waals surface area (Å²) in [5, 5.41) is 3.58. The van der Waals surface area contributed by atoms with Crippen LogP contribution in [0, 0.1) is 18.8 Å². The Morgan fingerprint density at radius 3 is 2.32 bits per heavy atom. The Kier molecular flexibility index (Phi) is 11.9. The van der Waals surface area contributed by atoms with Crippen LogP contribution in [0.2, 0.25) is 0 Å². The maximum absolute atomic E-state index is 5.09. The molecule has 0 bridgehead atoms. The summed E-state index contributed by atoms with van der Waals surface area (Å²) in [4.78, 5) is 5.09. The van der Waals surface area contributed by atoms with Gasteiger partial charge in [0.05, 0.1) is 0 Å². The van der Waals surface area contributed by atoms with Gasteiger partial charge in [0, 0.05) is 17.4 Å². The second-order valence-corrected chi connectivity index (χ2v) is 10.5. The second kappa shape index (κ2) is 14.1. The van der Waals surface area contributed by atoms with Gasteiger partial charge in [0.25, 0.3) is 0 Å².